The van der Waals surface area contributed by atoms with Gasteiger partial charge >= 0.3 is 6.18 Å². The van der Waals surface area contributed by atoms with Gasteiger partial charge in [-0.1, -0.05) is 42.5 Å². The Bertz CT molecular complexity index is 1400. The van der Waals surface area contributed by atoms with E-state index in [1.54, 1.807) is 41.3 Å². The molecule has 3 aromatic carbocycles. The molecule has 0 saturated heterocycles. The molecule has 0 radical (unpaired) electrons. The number of hydrogen-bond acceptors (Lipinski definition) is 3. The molecule has 4 aromatic rings. The summed E-state index contributed by atoms with van der Waals surface area (Å²) in [6.07, 6.45) is -4.42. The van der Waals surface area contributed by atoms with Crippen LogP contribution in [0, 0.1) is 0 Å². The van der Waals surface area contributed by atoms with E-state index in [2.05, 4.69) is 5.32 Å². The van der Waals surface area contributed by atoms with E-state index in [9.17, 15) is 22.8 Å². The van der Waals surface area contributed by atoms with Crippen LogP contribution in [0.4, 0.5) is 18.9 Å². The third-order valence-corrected chi connectivity index (χ3v) is 6.76. The molecule has 1 aromatic heterocycles. The molecule has 1 N–H and O–H groups in total. The lowest BCUT2D eigenvalue weighted by Gasteiger charge is -2.13. The van der Waals surface area contributed by atoms with Crippen molar-refractivity contribution in [2.75, 3.05) is 5.32 Å². The van der Waals surface area contributed by atoms with Crippen molar-refractivity contribution in [2.24, 2.45) is 0 Å². The van der Waals surface area contributed by atoms with Crippen LogP contribution in [-0.4, -0.2) is 16.7 Å². The van der Waals surface area contributed by atoms with Gasteiger partial charge in [-0.2, -0.15) is 13.2 Å². The minimum absolute atomic E-state index is 0.0211. The number of amides is 2. The number of anilines is 1. The maximum Gasteiger partial charge on any atom is 0.416 e. The Morgan fingerprint density at radius 1 is 0.857 bits per heavy atom. The quantitative estimate of drug-likeness (QED) is 0.339. The first-order valence-corrected chi connectivity index (χ1v) is 11.7. The van der Waals surface area contributed by atoms with Crippen LogP contribution < -0.4 is 5.32 Å². The summed E-state index contributed by atoms with van der Waals surface area (Å²) in [5.74, 6) is -0.391. The van der Waals surface area contributed by atoms with Crippen LogP contribution >= 0.6 is 11.3 Å². The van der Waals surface area contributed by atoms with E-state index in [1.165, 1.54) is 23.5 Å². The molecule has 0 aliphatic carbocycles. The molecule has 8 heteroatoms. The average molecular weight is 493 g/mol. The number of nitrogens with zero attached hydrogens (tertiary/aromatic N) is 1. The third-order valence-electron chi connectivity index (χ3n) is 5.90. The highest BCUT2D eigenvalue weighted by molar-refractivity contribution is 7.12. The number of alkyl halides is 3. The first kappa shape index (κ1) is 22.9. The molecule has 176 valence electrons. The second-order valence-corrected chi connectivity index (χ2v) is 9.14. The minimum Gasteiger partial charge on any atom is -0.329 e. The summed E-state index contributed by atoms with van der Waals surface area (Å²) in [5, 5.41) is 4.75. The maximum absolute atomic E-state index is 13.1. The lowest BCUT2D eigenvalue weighted by atomic mass is 9.98. The van der Waals surface area contributed by atoms with Gasteiger partial charge in [-0.05, 0) is 64.0 Å². The second kappa shape index (κ2) is 9.03. The highest BCUT2D eigenvalue weighted by atomic mass is 32.1. The number of halogens is 3. The van der Waals surface area contributed by atoms with Crippen molar-refractivity contribution in [3.63, 3.8) is 0 Å². The Morgan fingerprint density at radius 2 is 1.60 bits per heavy atom. The van der Waals surface area contributed by atoms with Crippen molar-refractivity contribution in [3.05, 3.63) is 111 Å². The van der Waals surface area contributed by atoms with Gasteiger partial charge in [-0.3, -0.25) is 9.59 Å². The molecular formula is C27H19F3N2O2S. The van der Waals surface area contributed by atoms with Crippen molar-refractivity contribution in [2.45, 2.75) is 19.3 Å². The lowest BCUT2D eigenvalue weighted by Crippen LogP contribution is -2.24. The van der Waals surface area contributed by atoms with Crippen LogP contribution in [-0.2, 0) is 19.3 Å². The molecule has 1 aliphatic rings. The Labute approximate surface area is 203 Å². The number of thiophene rings is 1. The highest BCUT2D eigenvalue weighted by Gasteiger charge is 2.30. The number of carbonyl (C=O) groups excluding carboxylic acids is 2. The SMILES string of the molecule is O=C(Nc1ccc2c(c1)CN(C(=O)c1cccs1)C2)c1ccccc1-c1ccc(C(F)(F)F)cc1. The number of nitrogens with one attached hydrogen (secondary N) is 1. The van der Waals surface area contributed by atoms with Crippen molar-refractivity contribution in [1.82, 2.24) is 4.90 Å². The Hall–Kier alpha value is -3.91. The number of carbonyl (C=O) groups is 2. The summed E-state index contributed by atoms with van der Waals surface area (Å²) in [7, 11) is 0. The second-order valence-electron chi connectivity index (χ2n) is 8.20. The van der Waals surface area contributed by atoms with Crippen LogP contribution in [0.25, 0.3) is 11.1 Å². The van der Waals surface area contributed by atoms with Crippen molar-refractivity contribution in [1.29, 1.82) is 0 Å². The molecule has 4 nitrogen and oxygen atoms in total. The number of hydrogen-bond donors (Lipinski definition) is 1. The highest BCUT2D eigenvalue weighted by Crippen LogP contribution is 2.32. The average Bonchev–Trinajstić information content (AvgIpc) is 3.53. The summed E-state index contributed by atoms with van der Waals surface area (Å²) in [5.41, 5.74) is 3.23. The standard InChI is InChI=1S/C27H19F3N2O2S/c28-27(29,30)20-10-7-17(8-11-20)22-4-1-2-5-23(22)25(33)31-21-12-9-18-15-32(16-19(18)14-21)26(34)24-6-3-13-35-24/h1-14H,15-16H2,(H,31,33). The van der Waals surface area contributed by atoms with Crippen molar-refractivity contribution < 1.29 is 22.8 Å². The summed E-state index contributed by atoms with van der Waals surface area (Å²) >= 11 is 1.40. The van der Waals surface area contributed by atoms with E-state index in [0.717, 1.165) is 23.3 Å². The van der Waals surface area contributed by atoms with Crippen LogP contribution in [0.2, 0.25) is 0 Å². The van der Waals surface area contributed by atoms with E-state index in [-0.39, 0.29) is 11.8 Å². The molecule has 0 spiro atoms. The minimum atomic E-state index is -4.42. The van der Waals surface area contributed by atoms with Gasteiger partial charge in [0.05, 0.1) is 10.4 Å². The van der Waals surface area contributed by atoms with Gasteiger partial charge < -0.3 is 10.2 Å². The molecular weight excluding hydrogens is 473 g/mol. The Kier molecular flexibility index (Phi) is 5.90. The number of benzene rings is 3. The van der Waals surface area contributed by atoms with Crippen LogP contribution in [0.15, 0.2) is 84.2 Å². The predicted octanol–water partition coefficient (Wildman–Crippen LogP) is 6.84. The monoisotopic (exact) mass is 492 g/mol. The smallest absolute Gasteiger partial charge is 0.329 e. The molecule has 2 heterocycles. The van der Waals surface area contributed by atoms with Gasteiger partial charge in [0.25, 0.3) is 11.8 Å². The van der Waals surface area contributed by atoms with E-state index >= 15 is 0 Å². The zero-order valence-corrected chi connectivity index (χ0v) is 19.1. The molecule has 0 saturated carbocycles. The fourth-order valence-electron chi connectivity index (χ4n) is 4.14. The van der Waals surface area contributed by atoms with E-state index in [0.29, 0.717) is 40.3 Å². The normalized spacial score (nSPS) is 12.9. The summed E-state index contributed by atoms with van der Waals surface area (Å²) in [4.78, 5) is 28.2. The molecule has 2 amide bonds. The fourth-order valence-corrected chi connectivity index (χ4v) is 4.83. The van der Waals surface area contributed by atoms with Crippen molar-refractivity contribution >= 4 is 28.8 Å². The van der Waals surface area contributed by atoms with Crippen LogP contribution in [0.1, 0.15) is 36.7 Å². The van der Waals surface area contributed by atoms with E-state index < -0.39 is 11.7 Å². The molecule has 0 bridgehead atoms. The molecule has 1 aliphatic heterocycles. The topological polar surface area (TPSA) is 49.4 Å². The third kappa shape index (κ3) is 4.70. The molecule has 35 heavy (non-hydrogen) atoms. The molecule has 0 fully saturated rings. The first-order chi connectivity index (χ1) is 16.8. The summed E-state index contributed by atoms with van der Waals surface area (Å²) < 4.78 is 38.8. The summed E-state index contributed by atoms with van der Waals surface area (Å²) in [6.45, 7) is 0.967. The molecule has 5 rings (SSSR count). The van der Waals surface area contributed by atoms with Crippen LogP contribution in [0.5, 0.6) is 0 Å². The van der Waals surface area contributed by atoms with Gasteiger partial charge in [0.1, 0.15) is 0 Å². The van der Waals surface area contributed by atoms with Gasteiger partial charge in [-0.25, -0.2) is 0 Å². The molecule has 0 atom stereocenters. The van der Waals surface area contributed by atoms with Gasteiger partial charge in [0, 0.05) is 24.3 Å². The number of fused-ring (bicyclic) bond motifs is 1. The largest absolute Gasteiger partial charge is 0.416 e. The van der Waals surface area contributed by atoms with Crippen molar-refractivity contribution in [3.8, 4) is 11.1 Å². The lowest BCUT2D eigenvalue weighted by molar-refractivity contribution is -0.137. The predicted molar refractivity (Wildman–Crippen MR) is 129 cm³/mol. The summed E-state index contributed by atoms with van der Waals surface area (Å²) in [6, 6.07) is 20.7. The van der Waals surface area contributed by atoms with Gasteiger partial charge in [0.15, 0.2) is 0 Å². The molecule has 0 unspecified atom stereocenters. The first-order valence-electron chi connectivity index (χ1n) is 10.8. The zero-order chi connectivity index (χ0) is 24.6. The fraction of sp³-hybridized carbons (Fsp3) is 0.111. The Morgan fingerprint density at radius 3 is 2.31 bits per heavy atom. The van der Waals surface area contributed by atoms with E-state index in [4.69, 9.17) is 0 Å². The number of rotatable bonds is 4. The van der Waals surface area contributed by atoms with Crippen LogP contribution in [0.3, 0.4) is 0 Å². The van der Waals surface area contributed by atoms with Gasteiger partial charge in [-0.15, -0.1) is 11.3 Å². The van der Waals surface area contributed by atoms with Gasteiger partial charge in [0.2, 0.25) is 0 Å². The Balaban J connectivity index is 1.34. The maximum atomic E-state index is 13.1. The van der Waals surface area contributed by atoms with E-state index in [1.807, 2.05) is 23.6 Å². The zero-order valence-electron chi connectivity index (χ0n) is 18.3.